The van der Waals surface area contributed by atoms with Gasteiger partial charge in [0.05, 0.1) is 22.4 Å². The van der Waals surface area contributed by atoms with E-state index < -0.39 is 4.92 Å². The van der Waals surface area contributed by atoms with Gasteiger partial charge in [0.15, 0.2) is 0 Å². The standard InChI is InChI=1S/C9H7ClN2O2/c1-6-2-7(5-11)3-8(4-10)9(6)12(13)14/h2-3H,4H2,1H3. The monoisotopic (exact) mass is 210 g/mol. The first-order valence-electron chi connectivity index (χ1n) is 3.84. The van der Waals surface area contributed by atoms with Crippen molar-refractivity contribution in [1.82, 2.24) is 0 Å². The van der Waals surface area contributed by atoms with Crippen LogP contribution in [0, 0.1) is 28.4 Å². The second-order valence-electron chi connectivity index (χ2n) is 2.80. The Bertz CT molecular complexity index is 424. The first-order valence-corrected chi connectivity index (χ1v) is 4.37. The summed E-state index contributed by atoms with van der Waals surface area (Å²) in [6.45, 7) is 1.59. The van der Waals surface area contributed by atoms with Crippen LogP contribution in [0.1, 0.15) is 16.7 Å². The molecule has 0 bridgehead atoms. The molecule has 0 aliphatic carbocycles. The van der Waals surface area contributed by atoms with E-state index in [1.807, 2.05) is 6.07 Å². The molecule has 0 saturated heterocycles. The highest BCUT2D eigenvalue weighted by atomic mass is 35.5. The van der Waals surface area contributed by atoms with Crippen LogP contribution >= 0.6 is 11.6 Å². The molecular formula is C9H7ClN2O2. The molecule has 5 heteroatoms. The molecular weight excluding hydrogens is 204 g/mol. The molecule has 0 aliphatic rings. The van der Waals surface area contributed by atoms with E-state index in [2.05, 4.69) is 0 Å². The second-order valence-corrected chi connectivity index (χ2v) is 3.07. The van der Waals surface area contributed by atoms with Crippen LogP contribution in [0.3, 0.4) is 0 Å². The van der Waals surface area contributed by atoms with Gasteiger partial charge >= 0.3 is 0 Å². The third kappa shape index (κ3) is 1.83. The van der Waals surface area contributed by atoms with Crippen LogP contribution in [0.2, 0.25) is 0 Å². The number of aryl methyl sites for hydroxylation is 1. The van der Waals surface area contributed by atoms with Gasteiger partial charge in [-0.3, -0.25) is 10.1 Å². The Morgan fingerprint density at radius 2 is 2.29 bits per heavy atom. The fraction of sp³-hybridized carbons (Fsp3) is 0.222. The lowest BCUT2D eigenvalue weighted by Gasteiger charge is -2.02. The lowest BCUT2D eigenvalue weighted by atomic mass is 10.1. The third-order valence-corrected chi connectivity index (χ3v) is 2.12. The van der Waals surface area contributed by atoms with E-state index in [-0.39, 0.29) is 11.6 Å². The molecule has 1 rings (SSSR count). The Kier molecular flexibility index (Phi) is 3.05. The van der Waals surface area contributed by atoms with Crippen LogP contribution < -0.4 is 0 Å². The van der Waals surface area contributed by atoms with Gasteiger partial charge in [0, 0.05) is 11.1 Å². The SMILES string of the molecule is Cc1cc(C#N)cc(CCl)c1[N+](=O)[O-]. The number of hydrogen-bond donors (Lipinski definition) is 0. The zero-order valence-corrected chi connectivity index (χ0v) is 8.21. The van der Waals surface area contributed by atoms with Gasteiger partial charge in [0.1, 0.15) is 0 Å². The van der Waals surface area contributed by atoms with E-state index in [4.69, 9.17) is 16.9 Å². The molecule has 4 nitrogen and oxygen atoms in total. The van der Waals surface area contributed by atoms with E-state index in [1.165, 1.54) is 12.1 Å². The molecule has 0 aromatic heterocycles. The summed E-state index contributed by atoms with van der Waals surface area (Å²) in [7, 11) is 0. The van der Waals surface area contributed by atoms with Crippen LogP contribution in [0.15, 0.2) is 12.1 Å². The fourth-order valence-corrected chi connectivity index (χ4v) is 1.48. The zero-order chi connectivity index (χ0) is 10.7. The molecule has 0 atom stereocenters. The summed E-state index contributed by atoms with van der Waals surface area (Å²) in [5.74, 6) is 0.0344. The third-order valence-electron chi connectivity index (χ3n) is 1.84. The summed E-state index contributed by atoms with van der Waals surface area (Å²) < 4.78 is 0. The Balaban J connectivity index is 3.44. The average molecular weight is 211 g/mol. The zero-order valence-electron chi connectivity index (χ0n) is 7.45. The van der Waals surface area contributed by atoms with Gasteiger partial charge in [-0.2, -0.15) is 5.26 Å². The molecule has 0 spiro atoms. The largest absolute Gasteiger partial charge is 0.276 e. The number of benzene rings is 1. The summed E-state index contributed by atoms with van der Waals surface area (Å²) >= 11 is 5.56. The van der Waals surface area contributed by atoms with Crippen molar-refractivity contribution in [3.63, 3.8) is 0 Å². The van der Waals surface area contributed by atoms with Crippen molar-refractivity contribution in [3.8, 4) is 6.07 Å². The Morgan fingerprint density at radius 3 is 2.71 bits per heavy atom. The maximum absolute atomic E-state index is 10.7. The van der Waals surface area contributed by atoms with Gasteiger partial charge in [-0.25, -0.2) is 0 Å². The van der Waals surface area contributed by atoms with E-state index in [9.17, 15) is 10.1 Å². The highest BCUT2D eigenvalue weighted by Gasteiger charge is 2.17. The first-order chi connectivity index (χ1) is 6.60. The minimum absolute atomic E-state index is 0.000926. The quantitative estimate of drug-likeness (QED) is 0.428. The second kappa shape index (κ2) is 4.07. The predicted molar refractivity (Wildman–Crippen MR) is 52.1 cm³/mol. The summed E-state index contributed by atoms with van der Waals surface area (Å²) in [6, 6.07) is 4.85. The smallest absolute Gasteiger partial charge is 0.258 e. The van der Waals surface area contributed by atoms with Crippen molar-refractivity contribution < 1.29 is 4.92 Å². The van der Waals surface area contributed by atoms with E-state index in [0.29, 0.717) is 16.7 Å². The molecule has 72 valence electrons. The normalized spacial score (nSPS) is 9.50. The fourth-order valence-electron chi connectivity index (χ4n) is 1.28. The number of hydrogen-bond acceptors (Lipinski definition) is 3. The van der Waals surface area contributed by atoms with Gasteiger partial charge in [-0.15, -0.1) is 11.6 Å². The number of halogens is 1. The number of nitrogens with zero attached hydrogens (tertiary/aromatic N) is 2. The van der Waals surface area contributed by atoms with Gasteiger partial charge in [-0.05, 0) is 19.1 Å². The Hall–Kier alpha value is -1.60. The molecule has 0 fully saturated rings. The summed E-state index contributed by atoms with van der Waals surface area (Å²) in [6.07, 6.45) is 0. The van der Waals surface area contributed by atoms with Gasteiger partial charge in [0.2, 0.25) is 0 Å². The van der Waals surface area contributed by atoms with Crippen LogP contribution in [0.25, 0.3) is 0 Å². The number of nitro groups is 1. The summed E-state index contributed by atoms with van der Waals surface area (Å²) in [4.78, 5) is 10.2. The van der Waals surface area contributed by atoms with Crippen molar-refractivity contribution >= 4 is 17.3 Å². The molecule has 1 aromatic carbocycles. The minimum atomic E-state index is -0.478. The topological polar surface area (TPSA) is 66.9 Å². The number of nitriles is 1. The van der Waals surface area contributed by atoms with E-state index in [0.717, 1.165) is 0 Å². The first kappa shape index (κ1) is 10.5. The van der Waals surface area contributed by atoms with Crippen LogP contribution in [0.4, 0.5) is 5.69 Å². The van der Waals surface area contributed by atoms with Gasteiger partial charge < -0.3 is 0 Å². The molecule has 1 aromatic rings. The highest BCUT2D eigenvalue weighted by Crippen LogP contribution is 2.26. The van der Waals surface area contributed by atoms with E-state index in [1.54, 1.807) is 6.92 Å². The number of rotatable bonds is 2. The Labute approximate surface area is 85.9 Å². The van der Waals surface area contributed by atoms with Crippen LogP contribution in [-0.2, 0) is 5.88 Å². The van der Waals surface area contributed by atoms with Crippen molar-refractivity contribution in [2.45, 2.75) is 12.8 Å². The van der Waals surface area contributed by atoms with Gasteiger partial charge in [-0.1, -0.05) is 0 Å². The maximum Gasteiger partial charge on any atom is 0.276 e. The van der Waals surface area contributed by atoms with Gasteiger partial charge in [0.25, 0.3) is 5.69 Å². The van der Waals surface area contributed by atoms with Crippen LogP contribution in [-0.4, -0.2) is 4.92 Å². The van der Waals surface area contributed by atoms with Crippen molar-refractivity contribution in [2.24, 2.45) is 0 Å². The number of nitro benzene ring substituents is 1. The van der Waals surface area contributed by atoms with Crippen molar-refractivity contribution in [3.05, 3.63) is 38.9 Å². The highest BCUT2D eigenvalue weighted by molar-refractivity contribution is 6.17. The lowest BCUT2D eigenvalue weighted by molar-refractivity contribution is -0.386. The summed E-state index contributed by atoms with van der Waals surface area (Å²) in [5.41, 5.74) is 1.24. The number of alkyl halides is 1. The molecule has 0 radical (unpaired) electrons. The lowest BCUT2D eigenvalue weighted by Crippen LogP contribution is -1.97. The van der Waals surface area contributed by atoms with Crippen LogP contribution in [0.5, 0.6) is 0 Å². The Morgan fingerprint density at radius 1 is 1.64 bits per heavy atom. The van der Waals surface area contributed by atoms with E-state index >= 15 is 0 Å². The molecule has 0 heterocycles. The minimum Gasteiger partial charge on any atom is -0.258 e. The molecule has 0 aliphatic heterocycles. The van der Waals surface area contributed by atoms with Crippen molar-refractivity contribution in [1.29, 1.82) is 5.26 Å². The molecule has 0 amide bonds. The molecule has 0 saturated carbocycles. The molecule has 0 unspecified atom stereocenters. The predicted octanol–water partition coefficient (Wildman–Crippen LogP) is 2.51. The molecule has 14 heavy (non-hydrogen) atoms. The molecule has 0 N–H and O–H groups in total. The average Bonchev–Trinajstić information content (AvgIpc) is 2.15. The summed E-state index contributed by atoms with van der Waals surface area (Å²) in [5, 5.41) is 19.3. The van der Waals surface area contributed by atoms with Crippen molar-refractivity contribution in [2.75, 3.05) is 0 Å². The maximum atomic E-state index is 10.7.